The molecule has 0 aromatic heterocycles. The van der Waals surface area contributed by atoms with Crippen LogP contribution >= 0.6 is 0 Å². The summed E-state index contributed by atoms with van der Waals surface area (Å²) in [6.07, 6.45) is 26.0. The fourth-order valence-electron chi connectivity index (χ4n) is 2.17. The third-order valence-corrected chi connectivity index (χ3v) is 3.74. The van der Waals surface area contributed by atoms with Crippen molar-refractivity contribution in [1.29, 1.82) is 0 Å². The lowest BCUT2D eigenvalue weighted by molar-refractivity contribution is -0.144. The Balaban J connectivity index is 1.95. The summed E-state index contributed by atoms with van der Waals surface area (Å²) in [4.78, 5) is 19.8. The number of hydrogen-bond acceptors (Lipinski definition) is 3. The van der Waals surface area contributed by atoms with Gasteiger partial charge in [0.1, 0.15) is 0 Å². The number of rotatable bonds is 14. The van der Waals surface area contributed by atoms with Crippen molar-refractivity contribution >= 4 is 5.97 Å². The Hall–Kier alpha value is -1.65. The maximum atomic E-state index is 10.8. The Labute approximate surface area is 145 Å². The molecule has 0 aliphatic carbocycles. The molecule has 1 rings (SSSR count). The lowest BCUT2D eigenvalue weighted by Gasteiger charge is -1.97. The standard InChI is InChI=1S/C20H30O4/c1-2-3-4-5-6-7-8-9-10-11-12-13-14-15-16-17-18-20(19(21)22)23-24-20/h7-10,12-13,15-16H,2-6,11,14,17-18H2,1H3,(H,21,22)/b8-7+,10-9+,13-12+,16-15+. The van der Waals surface area contributed by atoms with Gasteiger partial charge in [-0.1, -0.05) is 74.8 Å². The van der Waals surface area contributed by atoms with Gasteiger partial charge in [0.25, 0.3) is 0 Å². The molecule has 0 unspecified atom stereocenters. The number of hydrogen-bond donors (Lipinski definition) is 1. The summed E-state index contributed by atoms with van der Waals surface area (Å²) >= 11 is 0. The molecular weight excluding hydrogens is 304 g/mol. The topological polar surface area (TPSA) is 62.4 Å². The summed E-state index contributed by atoms with van der Waals surface area (Å²) in [5.41, 5.74) is 0. The van der Waals surface area contributed by atoms with Crippen LogP contribution in [0.5, 0.6) is 0 Å². The first-order valence-corrected chi connectivity index (χ1v) is 8.93. The molecule has 0 aromatic carbocycles. The lowest BCUT2D eigenvalue weighted by Crippen LogP contribution is -2.22. The van der Waals surface area contributed by atoms with E-state index in [2.05, 4.69) is 53.2 Å². The third-order valence-electron chi connectivity index (χ3n) is 3.74. The largest absolute Gasteiger partial charge is 0.477 e. The van der Waals surface area contributed by atoms with E-state index in [4.69, 9.17) is 5.11 Å². The van der Waals surface area contributed by atoms with Crippen LogP contribution in [-0.2, 0) is 14.6 Å². The zero-order valence-corrected chi connectivity index (χ0v) is 14.7. The molecule has 0 aromatic rings. The van der Waals surface area contributed by atoms with Crippen molar-refractivity contribution in [2.75, 3.05) is 0 Å². The van der Waals surface area contributed by atoms with Crippen molar-refractivity contribution < 1.29 is 19.7 Å². The number of unbranched alkanes of at least 4 members (excludes halogenated alkanes) is 4. The van der Waals surface area contributed by atoms with Crippen molar-refractivity contribution in [3.05, 3.63) is 48.6 Å². The second-order valence-corrected chi connectivity index (χ2v) is 5.88. The second-order valence-electron chi connectivity index (χ2n) is 5.88. The summed E-state index contributed by atoms with van der Waals surface area (Å²) in [5, 5.41) is 8.83. The van der Waals surface area contributed by atoms with Gasteiger partial charge in [0, 0.05) is 6.42 Å². The predicted octanol–water partition coefficient (Wildman–Crippen LogP) is 5.48. The SMILES string of the molecule is CCCCCC/C=C/C=C/C/C=C/C/C=C/CCC1(C(=O)O)OO1. The van der Waals surface area contributed by atoms with E-state index in [1.165, 1.54) is 32.1 Å². The average molecular weight is 334 g/mol. The summed E-state index contributed by atoms with van der Waals surface area (Å²) in [5.74, 6) is -2.44. The number of carboxylic acids is 1. The molecule has 1 N–H and O–H groups in total. The minimum atomic E-state index is -1.38. The molecule has 0 amide bonds. The summed E-state index contributed by atoms with van der Waals surface area (Å²) in [7, 11) is 0. The van der Waals surface area contributed by atoms with Crippen LogP contribution < -0.4 is 0 Å². The van der Waals surface area contributed by atoms with Gasteiger partial charge in [-0.25, -0.2) is 4.79 Å². The first-order valence-electron chi connectivity index (χ1n) is 8.93. The van der Waals surface area contributed by atoms with E-state index >= 15 is 0 Å². The molecule has 1 aliphatic heterocycles. The zero-order chi connectivity index (χ0) is 17.5. The molecule has 1 saturated heterocycles. The summed E-state index contributed by atoms with van der Waals surface area (Å²) in [6.45, 7) is 2.23. The first-order chi connectivity index (χ1) is 11.7. The molecule has 4 nitrogen and oxygen atoms in total. The van der Waals surface area contributed by atoms with Crippen LogP contribution in [0.2, 0.25) is 0 Å². The van der Waals surface area contributed by atoms with Crippen LogP contribution in [0, 0.1) is 0 Å². The molecule has 134 valence electrons. The van der Waals surface area contributed by atoms with Crippen molar-refractivity contribution in [3.63, 3.8) is 0 Å². The second kappa shape index (κ2) is 12.7. The molecule has 1 fully saturated rings. The van der Waals surface area contributed by atoms with Gasteiger partial charge in [0.05, 0.1) is 0 Å². The fourth-order valence-corrected chi connectivity index (χ4v) is 2.17. The molecule has 0 saturated carbocycles. The molecule has 24 heavy (non-hydrogen) atoms. The van der Waals surface area contributed by atoms with E-state index in [-0.39, 0.29) is 0 Å². The van der Waals surface area contributed by atoms with Crippen LogP contribution in [-0.4, -0.2) is 16.9 Å². The van der Waals surface area contributed by atoms with Gasteiger partial charge in [0.2, 0.25) is 0 Å². The number of aliphatic carboxylic acids is 1. The van der Waals surface area contributed by atoms with E-state index in [9.17, 15) is 4.79 Å². The van der Waals surface area contributed by atoms with Gasteiger partial charge in [-0.3, -0.25) is 0 Å². The van der Waals surface area contributed by atoms with Gasteiger partial charge in [-0.05, 0) is 32.1 Å². The maximum Gasteiger partial charge on any atom is 0.370 e. The van der Waals surface area contributed by atoms with E-state index in [0.29, 0.717) is 12.8 Å². The van der Waals surface area contributed by atoms with Gasteiger partial charge in [0.15, 0.2) is 0 Å². The minimum Gasteiger partial charge on any atom is -0.477 e. The van der Waals surface area contributed by atoms with Crippen LogP contribution in [0.1, 0.15) is 64.7 Å². The first kappa shape index (κ1) is 20.4. The average Bonchev–Trinajstić information content (AvgIpc) is 3.36. The highest BCUT2D eigenvalue weighted by Gasteiger charge is 2.56. The fraction of sp³-hybridized carbons (Fsp3) is 0.550. The Bertz CT molecular complexity index is 456. The number of carbonyl (C=O) groups is 1. The minimum absolute atomic E-state index is 0.343. The van der Waals surface area contributed by atoms with Crippen molar-refractivity contribution in [2.24, 2.45) is 0 Å². The molecule has 0 atom stereocenters. The normalized spacial score (nSPS) is 16.9. The number of allylic oxidation sites excluding steroid dienone is 8. The molecule has 0 spiro atoms. The lowest BCUT2D eigenvalue weighted by atomic mass is 10.1. The molecule has 0 bridgehead atoms. The highest BCUT2D eigenvalue weighted by molar-refractivity contribution is 5.76. The monoisotopic (exact) mass is 334 g/mol. The summed E-state index contributed by atoms with van der Waals surface area (Å²) < 4.78 is 0. The predicted molar refractivity (Wildman–Crippen MR) is 96.3 cm³/mol. The van der Waals surface area contributed by atoms with Crippen LogP contribution in [0.4, 0.5) is 0 Å². The van der Waals surface area contributed by atoms with E-state index in [1.54, 1.807) is 0 Å². The molecule has 0 radical (unpaired) electrons. The van der Waals surface area contributed by atoms with Gasteiger partial charge < -0.3 is 5.11 Å². The van der Waals surface area contributed by atoms with Crippen LogP contribution in [0.25, 0.3) is 0 Å². The highest BCUT2D eigenvalue weighted by atomic mass is 17.4. The van der Waals surface area contributed by atoms with E-state index < -0.39 is 11.8 Å². The van der Waals surface area contributed by atoms with Crippen LogP contribution in [0.15, 0.2) is 48.6 Å². The Kier molecular flexibility index (Phi) is 10.8. The smallest absolute Gasteiger partial charge is 0.370 e. The van der Waals surface area contributed by atoms with Gasteiger partial charge in [-0.2, -0.15) is 9.78 Å². The highest BCUT2D eigenvalue weighted by Crippen LogP contribution is 2.34. The Morgan fingerprint density at radius 3 is 2.21 bits per heavy atom. The van der Waals surface area contributed by atoms with Crippen molar-refractivity contribution in [2.45, 2.75) is 70.5 Å². The van der Waals surface area contributed by atoms with Crippen molar-refractivity contribution in [1.82, 2.24) is 0 Å². The summed E-state index contributed by atoms with van der Waals surface area (Å²) in [6, 6.07) is 0. The molecule has 1 aliphatic rings. The van der Waals surface area contributed by atoms with E-state index in [0.717, 1.165) is 12.8 Å². The zero-order valence-electron chi connectivity index (χ0n) is 14.7. The Morgan fingerprint density at radius 1 is 0.875 bits per heavy atom. The van der Waals surface area contributed by atoms with Gasteiger partial charge >= 0.3 is 11.8 Å². The van der Waals surface area contributed by atoms with Crippen LogP contribution in [0.3, 0.4) is 0 Å². The third kappa shape index (κ3) is 9.48. The molecular formula is C20H30O4. The maximum absolute atomic E-state index is 10.8. The molecule has 4 heteroatoms. The molecule has 1 heterocycles. The van der Waals surface area contributed by atoms with Gasteiger partial charge in [-0.15, -0.1) is 0 Å². The van der Waals surface area contributed by atoms with E-state index in [1.807, 2.05) is 12.2 Å². The quantitative estimate of drug-likeness (QED) is 0.150. The number of carboxylic acid groups (broad SMARTS) is 1. The van der Waals surface area contributed by atoms with Crippen molar-refractivity contribution in [3.8, 4) is 0 Å². The Morgan fingerprint density at radius 2 is 1.54 bits per heavy atom.